The molecular formula is C26H25N5O4S. The maximum Gasteiger partial charge on any atom is 0.301 e. The van der Waals surface area contributed by atoms with Gasteiger partial charge >= 0.3 is 5.91 Å². The molecule has 4 aromatic rings. The van der Waals surface area contributed by atoms with Gasteiger partial charge in [0.1, 0.15) is 22.1 Å². The van der Waals surface area contributed by atoms with Crippen molar-refractivity contribution < 1.29 is 19.4 Å². The largest absolute Gasteiger partial charge is 0.505 e. The molecule has 1 fully saturated rings. The molecule has 1 aliphatic heterocycles. The topological polar surface area (TPSA) is 110 Å². The van der Waals surface area contributed by atoms with E-state index in [2.05, 4.69) is 22.1 Å². The van der Waals surface area contributed by atoms with Gasteiger partial charge in [0.25, 0.3) is 5.78 Å². The summed E-state index contributed by atoms with van der Waals surface area (Å²) >= 11 is 1.20. The summed E-state index contributed by atoms with van der Waals surface area (Å²) in [4.78, 5) is 32.6. The van der Waals surface area contributed by atoms with Crippen LogP contribution >= 0.6 is 11.3 Å². The van der Waals surface area contributed by atoms with Gasteiger partial charge in [0, 0.05) is 6.20 Å². The molecule has 4 heterocycles. The Kier molecular flexibility index (Phi) is 6.27. The maximum atomic E-state index is 13.4. The second-order valence-electron chi connectivity index (χ2n) is 8.52. The van der Waals surface area contributed by atoms with Crippen LogP contribution in [-0.4, -0.2) is 43.0 Å². The van der Waals surface area contributed by atoms with Gasteiger partial charge in [0.2, 0.25) is 5.13 Å². The maximum absolute atomic E-state index is 13.4. The summed E-state index contributed by atoms with van der Waals surface area (Å²) in [5.74, 6) is -1.25. The number of Topliss-reactive ketones (excluding diaryl/α,β-unsaturated/α-hetero) is 1. The molecule has 0 spiro atoms. The number of unbranched alkanes of at least 4 members (excludes halogenated alkanes) is 1. The Morgan fingerprint density at radius 1 is 1.14 bits per heavy atom. The molecule has 0 bridgehead atoms. The zero-order chi connectivity index (χ0) is 25.4. The van der Waals surface area contributed by atoms with Gasteiger partial charge in [0.05, 0.1) is 23.9 Å². The number of ether oxygens (including phenoxy) is 1. The van der Waals surface area contributed by atoms with Crippen LogP contribution in [0.25, 0.3) is 11.4 Å². The van der Waals surface area contributed by atoms with Gasteiger partial charge in [-0.2, -0.15) is 0 Å². The number of carbonyl (C=O) groups excluding carboxylic acids is 2. The SMILES string of the molecule is CCCCOc1cccc(C2/C(=C(\O)c3c(C)nc4ccccn34)C(=O)C(=O)N2c2nnc(C)s2)c1. The standard InChI is InChI=1S/C26H25N5O4S/c1-4-5-13-35-18-10-8-9-17(14-18)22-20(24(33)25(34)31(22)26-29-28-16(3)36-26)23(32)21-15(2)27-19-11-6-7-12-30(19)21/h6-12,14,22,32H,4-5,13H2,1-3H3/b23-20+. The van der Waals surface area contributed by atoms with Crippen LogP contribution in [0.4, 0.5) is 5.13 Å². The quantitative estimate of drug-likeness (QED) is 0.170. The molecule has 0 radical (unpaired) electrons. The molecule has 1 N–H and O–H groups in total. The lowest BCUT2D eigenvalue weighted by Gasteiger charge is -2.23. The van der Waals surface area contributed by atoms with Crippen molar-refractivity contribution in [1.29, 1.82) is 0 Å². The van der Waals surface area contributed by atoms with Crippen molar-refractivity contribution in [3.8, 4) is 5.75 Å². The van der Waals surface area contributed by atoms with Gasteiger partial charge in [-0.05, 0) is 50.1 Å². The Morgan fingerprint density at radius 2 is 1.97 bits per heavy atom. The fourth-order valence-electron chi connectivity index (χ4n) is 4.36. The van der Waals surface area contributed by atoms with Crippen LogP contribution in [-0.2, 0) is 9.59 Å². The highest BCUT2D eigenvalue weighted by molar-refractivity contribution is 7.15. The first-order chi connectivity index (χ1) is 17.4. The van der Waals surface area contributed by atoms with Crippen molar-refractivity contribution in [2.75, 3.05) is 11.5 Å². The summed E-state index contributed by atoms with van der Waals surface area (Å²) in [6.45, 7) is 6.16. The lowest BCUT2D eigenvalue weighted by atomic mass is 9.96. The molecule has 1 unspecified atom stereocenters. The molecule has 1 saturated heterocycles. The number of fused-ring (bicyclic) bond motifs is 1. The highest BCUT2D eigenvalue weighted by atomic mass is 32.1. The molecule has 9 nitrogen and oxygen atoms in total. The number of aryl methyl sites for hydroxylation is 2. The van der Waals surface area contributed by atoms with Crippen LogP contribution in [0.5, 0.6) is 5.75 Å². The first-order valence-corrected chi connectivity index (χ1v) is 12.5. The van der Waals surface area contributed by atoms with E-state index in [1.54, 1.807) is 42.6 Å². The molecule has 3 aromatic heterocycles. The number of amides is 1. The van der Waals surface area contributed by atoms with Crippen LogP contribution < -0.4 is 9.64 Å². The fourth-order valence-corrected chi connectivity index (χ4v) is 5.08. The fraction of sp³-hybridized carbons (Fsp3) is 0.269. The van der Waals surface area contributed by atoms with E-state index in [0.29, 0.717) is 40.0 Å². The monoisotopic (exact) mass is 503 g/mol. The number of carbonyl (C=O) groups is 2. The zero-order valence-electron chi connectivity index (χ0n) is 20.1. The lowest BCUT2D eigenvalue weighted by Crippen LogP contribution is -2.29. The van der Waals surface area contributed by atoms with E-state index in [9.17, 15) is 14.7 Å². The van der Waals surface area contributed by atoms with Crippen LogP contribution in [0.15, 0.2) is 54.2 Å². The number of aliphatic hydroxyl groups is 1. The average Bonchev–Trinajstić information content (AvgIpc) is 3.52. The number of hydrogen-bond donors (Lipinski definition) is 1. The normalized spacial score (nSPS) is 17.3. The Hall–Kier alpha value is -4.05. The summed E-state index contributed by atoms with van der Waals surface area (Å²) in [5, 5.41) is 20.7. The lowest BCUT2D eigenvalue weighted by molar-refractivity contribution is -0.132. The van der Waals surface area contributed by atoms with Gasteiger partial charge in [0.15, 0.2) is 5.76 Å². The molecule has 1 aliphatic rings. The number of nitrogens with zero attached hydrogens (tertiary/aromatic N) is 5. The third-order valence-electron chi connectivity index (χ3n) is 6.03. The molecule has 10 heteroatoms. The molecule has 184 valence electrons. The Bertz CT molecular complexity index is 1510. The highest BCUT2D eigenvalue weighted by Gasteiger charge is 2.48. The predicted molar refractivity (Wildman–Crippen MR) is 136 cm³/mol. The smallest absolute Gasteiger partial charge is 0.301 e. The van der Waals surface area contributed by atoms with Crippen molar-refractivity contribution in [1.82, 2.24) is 19.6 Å². The Labute approximate surface area is 211 Å². The van der Waals surface area contributed by atoms with Crippen molar-refractivity contribution in [3.05, 3.63) is 76.2 Å². The van der Waals surface area contributed by atoms with Gasteiger partial charge in [-0.25, -0.2) is 4.98 Å². The molecule has 0 saturated carbocycles. The van der Waals surface area contributed by atoms with Crippen molar-refractivity contribution in [2.24, 2.45) is 0 Å². The van der Waals surface area contributed by atoms with Gasteiger partial charge < -0.3 is 9.84 Å². The highest BCUT2D eigenvalue weighted by Crippen LogP contribution is 2.43. The van der Waals surface area contributed by atoms with Crippen LogP contribution in [0.2, 0.25) is 0 Å². The van der Waals surface area contributed by atoms with E-state index in [-0.39, 0.29) is 16.5 Å². The molecular weight excluding hydrogens is 478 g/mol. The third kappa shape index (κ3) is 4.03. The molecule has 1 atom stereocenters. The van der Waals surface area contributed by atoms with Gasteiger partial charge in [-0.3, -0.25) is 18.9 Å². The minimum absolute atomic E-state index is 0.0349. The van der Waals surface area contributed by atoms with Crippen molar-refractivity contribution in [3.63, 3.8) is 0 Å². The number of imidazole rings is 1. The summed E-state index contributed by atoms with van der Waals surface area (Å²) in [5.41, 5.74) is 2.09. The van der Waals surface area contributed by atoms with Crippen molar-refractivity contribution >= 4 is 39.6 Å². The first kappa shape index (κ1) is 23.7. The molecule has 5 rings (SSSR count). The first-order valence-electron chi connectivity index (χ1n) is 11.7. The Morgan fingerprint density at radius 3 is 2.72 bits per heavy atom. The molecule has 1 amide bonds. The van der Waals surface area contributed by atoms with E-state index in [1.807, 2.05) is 24.3 Å². The van der Waals surface area contributed by atoms with Crippen LogP contribution in [0, 0.1) is 13.8 Å². The molecule has 1 aromatic carbocycles. The second kappa shape index (κ2) is 9.54. The number of aromatic nitrogens is 4. The average molecular weight is 504 g/mol. The second-order valence-corrected chi connectivity index (χ2v) is 9.68. The van der Waals surface area contributed by atoms with Crippen molar-refractivity contribution in [2.45, 2.75) is 39.7 Å². The van der Waals surface area contributed by atoms with E-state index >= 15 is 0 Å². The Balaban J connectivity index is 1.71. The minimum atomic E-state index is -0.916. The van der Waals surface area contributed by atoms with Gasteiger partial charge in [-0.1, -0.05) is 42.9 Å². The summed E-state index contributed by atoms with van der Waals surface area (Å²) in [7, 11) is 0. The number of benzene rings is 1. The van der Waals surface area contributed by atoms with E-state index in [4.69, 9.17) is 4.74 Å². The molecule has 36 heavy (non-hydrogen) atoms. The number of rotatable bonds is 7. The number of pyridine rings is 1. The van der Waals surface area contributed by atoms with E-state index < -0.39 is 17.7 Å². The van der Waals surface area contributed by atoms with Gasteiger partial charge in [-0.15, -0.1) is 10.2 Å². The number of hydrogen-bond acceptors (Lipinski definition) is 8. The summed E-state index contributed by atoms with van der Waals surface area (Å²) in [6, 6.07) is 11.8. The minimum Gasteiger partial charge on any atom is -0.505 e. The predicted octanol–water partition coefficient (Wildman–Crippen LogP) is 4.61. The molecule has 0 aliphatic carbocycles. The number of aliphatic hydroxyl groups excluding tert-OH is 1. The third-order valence-corrected chi connectivity index (χ3v) is 6.87. The summed E-state index contributed by atoms with van der Waals surface area (Å²) in [6.07, 6.45) is 3.65. The van der Waals surface area contributed by atoms with Crippen LogP contribution in [0.1, 0.15) is 47.8 Å². The summed E-state index contributed by atoms with van der Waals surface area (Å²) < 4.78 is 7.59. The van der Waals surface area contributed by atoms with E-state index in [0.717, 1.165) is 12.8 Å². The number of anilines is 1. The van der Waals surface area contributed by atoms with E-state index in [1.165, 1.54) is 16.2 Å². The number of ketones is 1. The zero-order valence-corrected chi connectivity index (χ0v) is 21.0. The van der Waals surface area contributed by atoms with Crippen LogP contribution in [0.3, 0.4) is 0 Å².